The minimum Gasteiger partial charge on any atom is -0.339 e. The highest BCUT2D eigenvalue weighted by atomic mass is 16.2. The number of piperazine rings is 1. The van der Waals surface area contributed by atoms with Gasteiger partial charge in [0.15, 0.2) is 0 Å². The summed E-state index contributed by atoms with van der Waals surface area (Å²) in [5.41, 5.74) is 1.52. The fourth-order valence-electron chi connectivity index (χ4n) is 3.96. The van der Waals surface area contributed by atoms with Crippen LogP contribution in [0.1, 0.15) is 44.2 Å². The summed E-state index contributed by atoms with van der Waals surface area (Å²) in [6.45, 7) is 8.38. The lowest BCUT2D eigenvalue weighted by atomic mass is 9.83. The second-order valence-corrected chi connectivity index (χ2v) is 7.98. The summed E-state index contributed by atoms with van der Waals surface area (Å²) in [6.07, 6.45) is 0.781. The van der Waals surface area contributed by atoms with E-state index in [0.29, 0.717) is 26.2 Å². The number of amides is 2. The van der Waals surface area contributed by atoms with Gasteiger partial charge in [-0.05, 0) is 31.4 Å². The number of rotatable bonds is 5. The second kappa shape index (κ2) is 8.59. The van der Waals surface area contributed by atoms with Crippen molar-refractivity contribution >= 4 is 11.8 Å². The maximum Gasteiger partial charge on any atom is 0.232 e. The number of carbonyl (C=O) groups is 2. The quantitative estimate of drug-likeness (QED) is 0.793. The van der Waals surface area contributed by atoms with E-state index in [-0.39, 0.29) is 17.7 Å². The molecule has 1 fully saturated rings. The Labute approximate surface area is 168 Å². The van der Waals surface area contributed by atoms with Gasteiger partial charge in [0.25, 0.3) is 0 Å². The van der Waals surface area contributed by atoms with Gasteiger partial charge in [-0.2, -0.15) is 0 Å². The molecule has 148 valence electrons. The highest BCUT2D eigenvalue weighted by molar-refractivity contribution is 5.88. The average Bonchev–Trinajstić information content (AvgIpc) is 2.75. The van der Waals surface area contributed by atoms with Crippen molar-refractivity contribution in [3.05, 3.63) is 71.8 Å². The summed E-state index contributed by atoms with van der Waals surface area (Å²) in [6, 6.07) is 19.9. The van der Waals surface area contributed by atoms with Gasteiger partial charge in [-0.1, -0.05) is 67.6 Å². The molecule has 4 heteroatoms. The predicted octanol–water partition coefficient (Wildman–Crippen LogP) is 3.83. The first-order valence-corrected chi connectivity index (χ1v) is 10.1. The molecule has 0 radical (unpaired) electrons. The fourth-order valence-corrected chi connectivity index (χ4v) is 3.96. The molecule has 1 aliphatic heterocycles. The van der Waals surface area contributed by atoms with Gasteiger partial charge in [-0.3, -0.25) is 9.59 Å². The zero-order valence-electron chi connectivity index (χ0n) is 17.1. The lowest BCUT2D eigenvalue weighted by Gasteiger charge is -2.39. The first-order valence-electron chi connectivity index (χ1n) is 10.1. The van der Waals surface area contributed by atoms with E-state index in [1.807, 2.05) is 84.3 Å². The van der Waals surface area contributed by atoms with Crippen molar-refractivity contribution in [2.24, 2.45) is 0 Å². The molecule has 0 spiro atoms. The standard InChI is InChI=1S/C24H30N2O2/c1-4-21(19-11-7-5-8-12-19)22(27)25-15-17-26(18-16-25)23(28)24(2,3)20-13-9-6-10-14-20/h5-14,21H,4,15-18H2,1-3H3. The topological polar surface area (TPSA) is 40.6 Å². The SMILES string of the molecule is CCC(C(=O)N1CCN(C(=O)C(C)(C)c2ccccc2)CC1)c1ccccc1. The predicted molar refractivity (Wildman–Crippen MR) is 112 cm³/mol. The second-order valence-electron chi connectivity index (χ2n) is 7.98. The Bertz CT molecular complexity index is 794. The molecule has 3 rings (SSSR count). The van der Waals surface area contributed by atoms with E-state index in [0.717, 1.165) is 17.5 Å². The smallest absolute Gasteiger partial charge is 0.232 e. The van der Waals surface area contributed by atoms with Crippen molar-refractivity contribution in [2.75, 3.05) is 26.2 Å². The number of nitrogens with zero attached hydrogens (tertiary/aromatic N) is 2. The van der Waals surface area contributed by atoms with Crippen LogP contribution in [0.15, 0.2) is 60.7 Å². The number of carbonyl (C=O) groups excluding carboxylic acids is 2. The molecule has 1 saturated heterocycles. The third kappa shape index (κ3) is 4.11. The molecule has 0 saturated carbocycles. The Morgan fingerprint density at radius 3 is 1.89 bits per heavy atom. The third-order valence-corrected chi connectivity index (χ3v) is 5.82. The Morgan fingerprint density at radius 1 is 0.857 bits per heavy atom. The summed E-state index contributed by atoms with van der Waals surface area (Å²) in [4.78, 5) is 30.0. The van der Waals surface area contributed by atoms with Gasteiger partial charge in [0.1, 0.15) is 0 Å². The Kier molecular flexibility index (Phi) is 6.18. The molecule has 0 aromatic heterocycles. The first kappa shape index (κ1) is 20.1. The highest BCUT2D eigenvalue weighted by Gasteiger charge is 2.36. The van der Waals surface area contributed by atoms with E-state index in [2.05, 4.69) is 6.92 Å². The molecule has 1 heterocycles. The maximum absolute atomic E-state index is 13.1. The normalized spacial score (nSPS) is 16.0. The first-order chi connectivity index (χ1) is 13.4. The summed E-state index contributed by atoms with van der Waals surface area (Å²) in [7, 11) is 0. The summed E-state index contributed by atoms with van der Waals surface area (Å²) in [5, 5.41) is 0. The molecule has 0 aliphatic carbocycles. The van der Waals surface area contributed by atoms with Crippen LogP contribution >= 0.6 is 0 Å². The van der Waals surface area contributed by atoms with Crippen molar-refractivity contribution < 1.29 is 9.59 Å². The van der Waals surface area contributed by atoms with Gasteiger partial charge in [0, 0.05) is 26.2 Å². The van der Waals surface area contributed by atoms with Crippen molar-refractivity contribution in [1.29, 1.82) is 0 Å². The molecule has 0 N–H and O–H groups in total. The summed E-state index contributed by atoms with van der Waals surface area (Å²) >= 11 is 0. The molecule has 28 heavy (non-hydrogen) atoms. The Hall–Kier alpha value is -2.62. The van der Waals surface area contributed by atoms with Crippen molar-refractivity contribution in [2.45, 2.75) is 38.5 Å². The average molecular weight is 379 g/mol. The highest BCUT2D eigenvalue weighted by Crippen LogP contribution is 2.27. The minimum atomic E-state index is -0.566. The van der Waals surface area contributed by atoms with Crippen molar-refractivity contribution in [1.82, 2.24) is 9.80 Å². The maximum atomic E-state index is 13.1. The van der Waals surface area contributed by atoms with E-state index in [4.69, 9.17) is 0 Å². The van der Waals surface area contributed by atoms with Crippen LogP contribution in [0.3, 0.4) is 0 Å². The van der Waals surface area contributed by atoms with Crippen LogP contribution in [0.25, 0.3) is 0 Å². The molecule has 2 aromatic carbocycles. The van der Waals surface area contributed by atoms with Gasteiger partial charge in [-0.15, -0.1) is 0 Å². The molecule has 1 aliphatic rings. The van der Waals surface area contributed by atoms with Crippen LogP contribution in [-0.4, -0.2) is 47.8 Å². The van der Waals surface area contributed by atoms with Crippen molar-refractivity contribution in [3.63, 3.8) is 0 Å². The molecule has 2 aromatic rings. The van der Waals surface area contributed by atoms with Gasteiger partial charge in [-0.25, -0.2) is 0 Å². The van der Waals surface area contributed by atoms with Crippen LogP contribution in [0.5, 0.6) is 0 Å². The molecular formula is C24H30N2O2. The third-order valence-electron chi connectivity index (χ3n) is 5.82. The zero-order valence-corrected chi connectivity index (χ0v) is 17.1. The van der Waals surface area contributed by atoms with E-state index >= 15 is 0 Å². The summed E-state index contributed by atoms with van der Waals surface area (Å²) < 4.78 is 0. The van der Waals surface area contributed by atoms with E-state index < -0.39 is 5.41 Å². The van der Waals surface area contributed by atoms with Gasteiger partial charge in [0.2, 0.25) is 11.8 Å². The van der Waals surface area contributed by atoms with E-state index in [9.17, 15) is 9.59 Å². The molecule has 1 atom stereocenters. The van der Waals surface area contributed by atoms with Crippen LogP contribution in [0.2, 0.25) is 0 Å². The van der Waals surface area contributed by atoms with Crippen LogP contribution in [0.4, 0.5) is 0 Å². The zero-order chi connectivity index (χ0) is 20.1. The van der Waals surface area contributed by atoms with Crippen LogP contribution < -0.4 is 0 Å². The van der Waals surface area contributed by atoms with E-state index in [1.165, 1.54) is 0 Å². The van der Waals surface area contributed by atoms with Crippen LogP contribution in [-0.2, 0) is 15.0 Å². The summed E-state index contributed by atoms with van der Waals surface area (Å²) in [5.74, 6) is 0.188. The van der Waals surface area contributed by atoms with Gasteiger partial charge < -0.3 is 9.80 Å². The largest absolute Gasteiger partial charge is 0.339 e. The Balaban J connectivity index is 1.64. The lowest BCUT2D eigenvalue weighted by molar-refractivity contribution is -0.143. The molecule has 1 unspecified atom stereocenters. The number of hydrogen-bond donors (Lipinski definition) is 0. The molecular weight excluding hydrogens is 348 g/mol. The van der Waals surface area contributed by atoms with Crippen LogP contribution in [0, 0.1) is 0 Å². The number of hydrogen-bond acceptors (Lipinski definition) is 2. The van der Waals surface area contributed by atoms with Gasteiger partial charge in [0.05, 0.1) is 11.3 Å². The Morgan fingerprint density at radius 2 is 1.36 bits per heavy atom. The molecule has 2 amide bonds. The monoisotopic (exact) mass is 378 g/mol. The minimum absolute atomic E-state index is 0.107. The fraction of sp³-hybridized carbons (Fsp3) is 0.417. The van der Waals surface area contributed by atoms with E-state index in [1.54, 1.807) is 0 Å². The van der Waals surface area contributed by atoms with Crippen molar-refractivity contribution in [3.8, 4) is 0 Å². The van der Waals surface area contributed by atoms with Gasteiger partial charge >= 0.3 is 0 Å². The molecule has 4 nitrogen and oxygen atoms in total. The number of benzene rings is 2. The lowest BCUT2D eigenvalue weighted by Crippen LogP contribution is -2.55. The molecule has 0 bridgehead atoms.